The molecule has 0 saturated carbocycles. The van der Waals surface area contributed by atoms with Gasteiger partial charge in [-0.1, -0.05) is 29.8 Å². The Hall–Kier alpha value is -3.95. The molecule has 0 bridgehead atoms. The van der Waals surface area contributed by atoms with Crippen LogP contribution < -0.4 is 4.90 Å². The van der Waals surface area contributed by atoms with Crippen LogP contribution in [0.15, 0.2) is 52.3 Å². The van der Waals surface area contributed by atoms with Crippen LogP contribution in [0.4, 0.5) is 5.69 Å². The zero-order valence-corrected chi connectivity index (χ0v) is 25.7. The number of ether oxygens (including phenoxy) is 2. The summed E-state index contributed by atoms with van der Waals surface area (Å²) in [4.78, 5) is 23.8. The number of aliphatic imine (C=N–C) groups is 2. The minimum absolute atomic E-state index is 0.0509. The van der Waals surface area contributed by atoms with Crippen molar-refractivity contribution in [3.05, 3.63) is 64.7 Å². The smallest absolute Gasteiger partial charge is 0.337 e. The Balaban J connectivity index is 2.03. The minimum Gasteiger partial charge on any atom is -0.497 e. The van der Waals surface area contributed by atoms with E-state index < -0.39 is 17.7 Å². The fraction of sp³-hybridized carbons (Fsp3) is 0.424. The maximum Gasteiger partial charge on any atom is 0.337 e. The Morgan fingerprint density at radius 2 is 1.86 bits per heavy atom. The largest absolute Gasteiger partial charge is 0.497 e. The topological polar surface area (TPSA) is 109 Å². The Morgan fingerprint density at radius 3 is 2.45 bits per heavy atom. The number of carbonyl (C=O) groups is 1. The van der Waals surface area contributed by atoms with Crippen molar-refractivity contribution in [2.75, 3.05) is 24.7 Å². The number of carboxylic acid groups (broad SMARTS) is 1. The van der Waals surface area contributed by atoms with Crippen LogP contribution in [0.5, 0.6) is 0 Å². The number of aromatic nitrogens is 1. The lowest BCUT2D eigenvalue weighted by Gasteiger charge is -2.35. The number of hydrogen-bond donors (Lipinski definition) is 2. The van der Waals surface area contributed by atoms with Crippen LogP contribution in [-0.4, -0.2) is 58.8 Å². The van der Waals surface area contributed by atoms with E-state index in [0.29, 0.717) is 43.4 Å². The molecule has 2 heterocycles. The van der Waals surface area contributed by atoms with Crippen LogP contribution in [-0.2, 0) is 20.8 Å². The van der Waals surface area contributed by atoms with Gasteiger partial charge < -0.3 is 29.2 Å². The second-order valence-electron chi connectivity index (χ2n) is 11.7. The van der Waals surface area contributed by atoms with Gasteiger partial charge in [0.05, 0.1) is 29.6 Å². The van der Waals surface area contributed by atoms with Crippen LogP contribution in [0.25, 0.3) is 22.0 Å². The Morgan fingerprint density at radius 1 is 1.17 bits per heavy atom. The molecule has 3 aromatic rings. The number of hydrogen-bond acceptors (Lipinski definition) is 5. The summed E-state index contributed by atoms with van der Waals surface area (Å²) < 4.78 is 14.2. The molecule has 0 saturated heterocycles. The van der Waals surface area contributed by atoms with Crippen molar-refractivity contribution >= 4 is 35.2 Å². The Labute approximate surface area is 247 Å². The predicted molar refractivity (Wildman–Crippen MR) is 169 cm³/mol. The first-order valence-electron chi connectivity index (χ1n) is 14.2. The van der Waals surface area contributed by atoms with Gasteiger partial charge in [-0.05, 0) is 77.9 Å². The molecule has 9 nitrogen and oxygen atoms in total. The Bertz CT molecular complexity index is 1540. The van der Waals surface area contributed by atoms with E-state index in [1.54, 1.807) is 13.1 Å². The molecule has 224 valence electrons. The summed E-state index contributed by atoms with van der Waals surface area (Å²) in [5, 5.41) is 20.6. The van der Waals surface area contributed by atoms with Crippen molar-refractivity contribution in [2.24, 2.45) is 9.98 Å². The van der Waals surface area contributed by atoms with Gasteiger partial charge in [0.2, 0.25) is 5.96 Å². The average molecular weight is 575 g/mol. The minimum atomic E-state index is -1.21. The van der Waals surface area contributed by atoms with Crippen molar-refractivity contribution in [2.45, 2.75) is 73.1 Å². The molecular formula is C33H42N4O5. The molecule has 42 heavy (non-hydrogen) atoms. The molecule has 2 N–H and O–H groups in total. The second-order valence-corrected chi connectivity index (χ2v) is 11.7. The monoisotopic (exact) mass is 574 g/mol. The standard InChI is InChI=1S/C33H42N4O5/c1-20-10-12-24(13-11-20)27-25-18-21(2)36-14-15-37(32(34-8)35-19-22(3)41-17-9-16-38)28(29(25)36)23(4)26(27)30(31(39)40)42-33(5,6)7/h10-13,18-19,30,38H,8-9,14-17H2,1-7H3,(H,39,40)/b22-19+,35-32?/t30-/m0/s1. The van der Waals surface area contributed by atoms with Crippen molar-refractivity contribution in [1.82, 2.24) is 4.57 Å². The molecule has 0 fully saturated rings. The summed E-state index contributed by atoms with van der Waals surface area (Å²) in [6.07, 6.45) is 0.906. The van der Waals surface area contributed by atoms with Gasteiger partial charge in [0, 0.05) is 42.8 Å². The number of aliphatic hydroxyl groups excluding tert-OH is 1. The molecule has 0 aliphatic carbocycles. The number of rotatable bonds is 9. The van der Waals surface area contributed by atoms with E-state index >= 15 is 0 Å². The number of nitrogens with zero attached hydrogens (tertiary/aromatic N) is 4. The summed E-state index contributed by atoms with van der Waals surface area (Å²) in [5.41, 5.74) is 6.49. The van der Waals surface area contributed by atoms with Crippen LogP contribution in [0.2, 0.25) is 0 Å². The van der Waals surface area contributed by atoms with Gasteiger partial charge in [0.15, 0.2) is 6.10 Å². The van der Waals surface area contributed by atoms with Crippen molar-refractivity contribution < 1.29 is 24.5 Å². The normalized spacial score (nSPS) is 14.8. The van der Waals surface area contributed by atoms with Crippen LogP contribution in [0.3, 0.4) is 0 Å². The zero-order chi connectivity index (χ0) is 30.8. The van der Waals surface area contributed by atoms with Gasteiger partial charge in [0.25, 0.3) is 0 Å². The van der Waals surface area contributed by atoms with Crippen molar-refractivity contribution in [3.63, 3.8) is 0 Å². The van der Waals surface area contributed by atoms with Crippen molar-refractivity contribution in [3.8, 4) is 11.1 Å². The van der Waals surface area contributed by atoms with Gasteiger partial charge >= 0.3 is 5.97 Å². The van der Waals surface area contributed by atoms with E-state index in [0.717, 1.165) is 44.5 Å². The number of guanidine groups is 1. The molecule has 1 aromatic heterocycles. The fourth-order valence-corrected chi connectivity index (χ4v) is 5.52. The fourth-order valence-electron chi connectivity index (χ4n) is 5.52. The number of aliphatic hydroxyl groups is 1. The molecule has 0 radical (unpaired) electrons. The van der Waals surface area contributed by atoms with E-state index in [-0.39, 0.29) is 6.61 Å². The molecule has 0 spiro atoms. The quantitative estimate of drug-likeness (QED) is 0.134. The first-order valence-corrected chi connectivity index (χ1v) is 14.2. The van der Waals surface area contributed by atoms with E-state index in [4.69, 9.17) is 14.6 Å². The summed E-state index contributed by atoms with van der Waals surface area (Å²) in [6.45, 7) is 18.9. The third kappa shape index (κ3) is 6.27. The first-order chi connectivity index (χ1) is 19.9. The van der Waals surface area contributed by atoms with Gasteiger partial charge in [-0.2, -0.15) is 0 Å². The predicted octanol–water partition coefficient (Wildman–Crippen LogP) is 6.31. The highest BCUT2D eigenvalue weighted by Crippen LogP contribution is 2.48. The third-order valence-electron chi connectivity index (χ3n) is 7.32. The number of carboxylic acids is 1. The maximum atomic E-state index is 12.9. The summed E-state index contributed by atoms with van der Waals surface area (Å²) in [5.74, 6) is -0.0874. The van der Waals surface area contributed by atoms with Crippen LogP contribution in [0, 0.1) is 20.8 Å². The number of benzene rings is 2. The highest BCUT2D eigenvalue weighted by Gasteiger charge is 2.36. The van der Waals surface area contributed by atoms with Crippen LogP contribution in [0.1, 0.15) is 62.6 Å². The molecule has 9 heteroatoms. The molecule has 1 aliphatic rings. The van der Waals surface area contributed by atoms with E-state index in [1.807, 2.05) is 63.8 Å². The SMILES string of the molecule is C=NC(=N/C=C(\C)OCCCO)N1CCn2c(C)cc3c(-c4ccc(C)cc4)c([C@H](OC(C)(C)C)C(=O)O)c(C)c1c32. The number of aliphatic carboxylic acids is 1. The summed E-state index contributed by atoms with van der Waals surface area (Å²) in [6, 6.07) is 10.3. The lowest BCUT2D eigenvalue weighted by Crippen LogP contribution is -2.37. The highest BCUT2D eigenvalue weighted by atomic mass is 16.5. The van der Waals surface area contributed by atoms with Gasteiger partial charge in [-0.3, -0.25) is 0 Å². The molecule has 2 aromatic carbocycles. The molecule has 1 aliphatic heterocycles. The van der Waals surface area contributed by atoms with Gasteiger partial charge in [-0.15, -0.1) is 0 Å². The average Bonchev–Trinajstić information content (AvgIpc) is 3.26. The zero-order valence-electron chi connectivity index (χ0n) is 25.7. The molecular weight excluding hydrogens is 532 g/mol. The highest BCUT2D eigenvalue weighted by molar-refractivity contribution is 6.13. The summed E-state index contributed by atoms with van der Waals surface area (Å²) in [7, 11) is 0. The molecule has 1 atom stereocenters. The summed E-state index contributed by atoms with van der Waals surface area (Å²) >= 11 is 0. The van der Waals surface area contributed by atoms with Crippen molar-refractivity contribution in [1.29, 1.82) is 0 Å². The third-order valence-corrected chi connectivity index (χ3v) is 7.32. The number of aryl methyl sites for hydroxylation is 2. The maximum absolute atomic E-state index is 12.9. The van der Waals surface area contributed by atoms with E-state index in [2.05, 4.69) is 34.3 Å². The lowest BCUT2D eigenvalue weighted by molar-refractivity contribution is -0.160. The second kappa shape index (κ2) is 12.5. The number of allylic oxidation sites excluding steroid dienone is 1. The molecule has 0 amide bonds. The Kier molecular flexibility index (Phi) is 9.23. The lowest BCUT2D eigenvalue weighted by atomic mass is 9.87. The first kappa shape index (κ1) is 31.0. The van der Waals surface area contributed by atoms with Crippen LogP contribution >= 0.6 is 0 Å². The molecule has 0 unspecified atom stereocenters. The van der Waals surface area contributed by atoms with E-state index in [1.165, 1.54) is 0 Å². The van der Waals surface area contributed by atoms with Gasteiger partial charge in [0.1, 0.15) is 5.76 Å². The van der Waals surface area contributed by atoms with Gasteiger partial charge in [-0.25, -0.2) is 14.8 Å². The number of anilines is 1. The molecule has 4 rings (SSSR count). The van der Waals surface area contributed by atoms with E-state index in [9.17, 15) is 9.90 Å².